The lowest BCUT2D eigenvalue weighted by Gasteiger charge is -2.19. The van der Waals surface area contributed by atoms with Gasteiger partial charge in [-0.3, -0.25) is 9.59 Å². The minimum atomic E-state index is -0.839. The van der Waals surface area contributed by atoms with E-state index in [0.29, 0.717) is 12.0 Å². The summed E-state index contributed by atoms with van der Waals surface area (Å²) in [6, 6.07) is 17.2. The van der Waals surface area contributed by atoms with Crippen LogP contribution in [-0.2, 0) is 17.6 Å². The topological polar surface area (TPSA) is 135 Å². The van der Waals surface area contributed by atoms with Crippen LogP contribution in [0.2, 0.25) is 0 Å². The smallest absolute Gasteiger partial charge is 0.251 e. The molecule has 8 heteroatoms. The number of phenols is 3. The fourth-order valence-electron chi connectivity index (χ4n) is 3.76. The molecule has 0 unspecified atom stereocenters. The quantitative estimate of drug-likeness (QED) is 0.225. The number of carbonyl (C=O) groups is 2. The minimum absolute atomic E-state index is 0.0462. The fraction of sp³-hybridized carbons (Fsp3) is 0.154. The maximum atomic E-state index is 13.1. The van der Waals surface area contributed by atoms with Crippen molar-refractivity contribution in [3.63, 3.8) is 0 Å². The Hall–Kier alpha value is -4.46. The summed E-state index contributed by atoms with van der Waals surface area (Å²) in [6.45, 7) is 0.280. The largest absolute Gasteiger partial charge is 0.508 e. The van der Waals surface area contributed by atoms with Crippen molar-refractivity contribution in [1.82, 2.24) is 15.6 Å². The summed E-state index contributed by atoms with van der Waals surface area (Å²) in [6.07, 6.45) is 2.54. The molecule has 1 atom stereocenters. The molecule has 0 saturated carbocycles. The van der Waals surface area contributed by atoms with E-state index < -0.39 is 11.9 Å². The molecular weight excluding hydrogens is 434 g/mol. The Morgan fingerprint density at radius 3 is 2.44 bits per heavy atom. The van der Waals surface area contributed by atoms with Gasteiger partial charge in [-0.25, -0.2) is 0 Å². The van der Waals surface area contributed by atoms with Crippen LogP contribution < -0.4 is 10.6 Å². The van der Waals surface area contributed by atoms with Crippen LogP contribution in [0.4, 0.5) is 0 Å². The molecule has 6 N–H and O–H groups in total. The number of fused-ring (bicyclic) bond motifs is 1. The van der Waals surface area contributed by atoms with Crippen LogP contribution in [0.15, 0.2) is 72.9 Å². The molecule has 0 fully saturated rings. The summed E-state index contributed by atoms with van der Waals surface area (Å²) in [5.41, 5.74) is 2.91. The second-order valence-electron chi connectivity index (χ2n) is 8.00. The first-order valence-electron chi connectivity index (χ1n) is 10.8. The van der Waals surface area contributed by atoms with Crippen LogP contribution in [0.3, 0.4) is 0 Å². The first-order valence-corrected chi connectivity index (χ1v) is 10.8. The molecule has 4 rings (SSSR count). The van der Waals surface area contributed by atoms with E-state index in [1.54, 1.807) is 6.07 Å². The van der Waals surface area contributed by atoms with Crippen molar-refractivity contribution in [2.45, 2.75) is 18.9 Å². The Kier molecular flexibility index (Phi) is 6.68. The lowest BCUT2D eigenvalue weighted by molar-refractivity contribution is -0.122. The van der Waals surface area contributed by atoms with Crippen molar-refractivity contribution in [1.29, 1.82) is 0 Å². The van der Waals surface area contributed by atoms with Gasteiger partial charge in [0.05, 0.1) is 0 Å². The fourth-order valence-corrected chi connectivity index (χ4v) is 3.76. The summed E-state index contributed by atoms with van der Waals surface area (Å²) >= 11 is 0. The highest BCUT2D eigenvalue weighted by Gasteiger charge is 2.23. The molecule has 1 heterocycles. The summed E-state index contributed by atoms with van der Waals surface area (Å²) in [4.78, 5) is 29.0. The van der Waals surface area contributed by atoms with E-state index in [1.165, 1.54) is 36.4 Å². The number of amides is 2. The van der Waals surface area contributed by atoms with Crippen molar-refractivity contribution in [2.75, 3.05) is 6.54 Å². The van der Waals surface area contributed by atoms with E-state index in [4.69, 9.17) is 0 Å². The molecule has 8 nitrogen and oxygen atoms in total. The van der Waals surface area contributed by atoms with Gasteiger partial charge in [-0.1, -0.05) is 24.3 Å². The zero-order chi connectivity index (χ0) is 24.1. The number of rotatable bonds is 8. The van der Waals surface area contributed by atoms with E-state index in [1.807, 2.05) is 30.5 Å². The van der Waals surface area contributed by atoms with Gasteiger partial charge in [0, 0.05) is 35.6 Å². The van der Waals surface area contributed by atoms with Gasteiger partial charge in [0.2, 0.25) is 5.91 Å². The molecule has 4 aromatic rings. The van der Waals surface area contributed by atoms with Crippen LogP contribution in [0.25, 0.3) is 10.9 Å². The average Bonchev–Trinajstić information content (AvgIpc) is 3.24. The van der Waals surface area contributed by atoms with E-state index in [9.17, 15) is 24.9 Å². The van der Waals surface area contributed by atoms with Gasteiger partial charge in [-0.15, -0.1) is 0 Å². The van der Waals surface area contributed by atoms with Crippen LogP contribution in [-0.4, -0.2) is 44.7 Å². The zero-order valence-electron chi connectivity index (χ0n) is 18.3. The van der Waals surface area contributed by atoms with E-state index in [-0.39, 0.29) is 36.1 Å². The Bertz CT molecular complexity index is 1310. The normalized spacial score (nSPS) is 11.8. The second kappa shape index (κ2) is 9.99. The lowest BCUT2D eigenvalue weighted by atomic mass is 10.0. The number of hydrogen-bond acceptors (Lipinski definition) is 5. The summed E-state index contributed by atoms with van der Waals surface area (Å²) in [7, 11) is 0. The minimum Gasteiger partial charge on any atom is -0.508 e. The molecule has 1 aromatic heterocycles. The number of nitrogens with one attached hydrogen (secondary N) is 3. The van der Waals surface area contributed by atoms with Gasteiger partial charge >= 0.3 is 0 Å². The van der Waals surface area contributed by atoms with Crippen LogP contribution in [0.5, 0.6) is 17.2 Å². The third-order valence-electron chi connectivity index (χ3n) is 5.60. The number of para-hydroxylation sites is 1. The molecule has 0 spiro atoms. The van der Waals surface area contributed by atoms with Crippen molar-refractivity contribution in [3.05, 3.63) is 89.6 Å². The van der Waals surface area contributed by atoms with E-state index >= 15 is 0 Å². The molecule has 34 heavy (non-hydrogen) atoms. The van der Waals surface area contributed by atoms with Crippen LogP contribution in [0.1, 0.15) is 21.5 Å². The maximum Gasteiger partial charge on any atom is 0.251 e. The van der Waals surface area contributed by atoms with Crippen LogP contribution >= 0.6 is 0 Å². The van der Waals surface area contributed by atoms with Crippen LogP contribution in [0, 0.1) is 0 Å². The first kappa shape index (κ1) is 22.7. The SMILES string of the molecule is O=C(N[C@@H](Cc1c[nH]c2ccccc12)C(=O)NCCc1ccc(O)c(O)c1)c1ccc(O)cc1. The number of aromatic nitrogens is 1. The summed E-state index contributed by atoms with van der Waals surface area (Å²) < 4.78 is 0. The predicted octanol–water partition coefficient (Wildman–Crippen LogP) is 2.98. The van der Waals surface area contributed by atoms with Gasteiger partial charge < -0.3 is 30.9 Å². The van der Waals surface area contributed by atoms with Crippen molar-refractivity contribution in [3.8, 4) is 17.2 Å². The number of benzene rings is 3. The molecular formula is C26H25N3O5. The number of hydrogen-bond donors (Lipinski definition) is 6. The number of aromatic hydroxyl groups is 3. The average molecular weight is 460 g/mol. The number of aromatic amines is 1. The molecule has 0 aliphatic rings. The Morgan fingerprint density at radius 2 is 1.68 bits per heavy atom. The Labute approximate surface area is 195 Å². The molecule has 174 valence electrons. The zero-order valence-corrected chi connectivity index (χ0v) is 18.3. The van der Waals surface area contributed by atoms with Crippen molar-refractivity contribution < 1.29 is 24.9 Å². The maximum absolute atomic E-state index is 13.1. The lowest BCUT2D eigenvalue weighted by Crippen LogP contribution is -2.48. The predicted molar refractivity (Wildman–Crippen MR) is 128 cm³/mol. The van der Waals surface area contributed by atoms with Gasteiger partial charge in [0.1, 0.15) is 11.8 Å². The Balaban J connectivity index is 1.48. The molecule has 0 saturated heterocycles. The van der Waals surface area contributed by atoms with Gasteiger partial charge in [-0.05, 0) is 60.0 Å². The summed E-state index contributed by atoms with van der Waals surface area (Å²) in [5.74, 6) is -1.15. The van der Waals surface area contributed by atoms with E-state index in [2.05, 4.69) is 15.6 Å². The molecule has 3 aromatic carbocycles. The highest BCUT2D eigenvalue weighted by Crippen LogP contribution is 2.25. The van der Waals surface area contributed by atoms with E-state index in [0.717, 1.165) is 22.0 Å². The molecule has 0 aliphatic heterocycles. The van der Waals surface area contributed by atoms with Crippen molar-refractivity contribution >= 4 is 22.7 Å². The number of carbonyl (C=O) groups excluding carboxylic acids is 2. The highest BCUT2D eigenvalue weighted by atomic mass is 16.3. The monoisotopic (exact) mass is 459 g/mol. The summed E-state index contributed by atoms with van der Waals surface area (Å²) in [5, 5.41) is 35.2. The standard InChI is InChI=1S/C26H25N3O5/c30-19-8-6-17(7-9-19)25(33)29-22(14-18-15-28-21-4-2-1-3-20(18)21)26(34)27-12-11-16-5-10-23(31)24(32)13-16/h1-10,13,15,22,28,30-32H,11-12,14H2,(H,27,34)(H,29,33)/t22-/m0/s1. The Morgan fingerprint density at radius 1 is 0.912 bits per heavy atom. The molecule has 2 amide bonds. The third-order valence-corrected chi connectivity index (χ3v) is 5.60. The molecule has 0 radical (unpaired) electrons. The molecule has 0 aliphatic carbocycles. The third kappa shape index (κ3) is 5.29. The highest BCUT2D eigenvalue weighted by molar-refractivity contribution is 5.98. The molecule has 0 bridgehead atoms. The van der Waals surface area contributed by atoms with Gasteiger partial charge in [0.25, 0.3) is 5.91 Å². The second-order valence-corrected chi connectivity index (χ2v) is 8.00. The first-order chi connectivity index (χ1) is 16.4. The number of phenolic OH excluding ortho intramolecular Hbond substituents is 3. The number of H-pyrrole nitrogens is 1. The van der Waals surface area contributed by atoms with Gasteiger partial charge in [0.15, 0.2) is 11.5 Å². The van der Waals surface area contributed by atoms with Gasteiger partial charge in [-0.2, -0.15) is 0 Å². The van der Waals surface area contributed by atoms with Crippen molar-refractivity contribution in [2.24, 2.45) is 0 Å².